The van der Waals surface area contributed by atoms with Crippen molar-refractivity contribution < 1.29 is 23.6 Å². The summed E-state index contributed by atoms with van der Waals surface area (Å²) in [6.07, 6.45) is 2.32. The van der Waals surface area contributed by atoms with Gasteiger partial charge in [-0.1, -0.05) is 6.42 Å². The number of carboxylic acid groups (broad SMARTS) is 1. The first kappa shape index (κ1) is 16.5. The van der Waals surface area contributed by atoms with Gasteiger partial charge in [-0.05, 0) is 59.5 Å². The van der Waals surface area contributed by atoms with Gasteiger partial charge < -0.3 is 14.4 Å². The Labute approximate surface area is 125 Å². The molecule has 1 saturated heterocycles. The van der Waals surface area contributed by atoms with Crippen LogP contribution in [0.15, 0.2) is 11.3 Å². The lowest BCUT2D eigenvalue weighted by Crippen LogP contribution is -2.41. The number of carboxylic acids is 1. The van der Waals surface area contributed by atoms with Crippen LogP contribution in [0.2, 0.25) is 0 Å². The first-order valence-electron chi connectivity index (χ1n) is 7.45. The van der Waals surface area contributed by atoms with Crippen LogP contribution in [0.25, 0.3) is 0 Å². The third-order valence-electron chi connectivity index (χ3n) is 5.24. The van der Waals surface area contributed by atoms with Crippen LogP contribution in [-0.2, 0) is 14.1 Å². The fourth-order valence-corrected chi connectivity index (χ4v) is 2.81. The van der Waals surface area contributed by atoms with Crippen molar-refractivity contribution >= 4 is 13.1 Å². The van der Waals surface area contributed by atoms with Crippen LogP contribution in [0.4, 0.5) is 4.39 Å². The zero-order valence-corrected chi connectivity index (χ0v) is 13.5. The summed E-state index contributed by atoms with van der Waals surface area (Å²) in [6, 6.07) is 0. The maximum Gasteiger partial charge on any atom is 0.525 e. The summed E-state index contributed by atoms with van der Waals surface area (Å²) in [6.45, 7) is 9.07. The number of halogens is 1. The summed E-state index contributed by atoms with van der Waals surface area (Å²) in [5.74, 6) is -0.838. The molecule has 0 spiro atoms. The molecule has 0 radical (unpaired) electrons. The quantitative estimate of drug-likeness (QED) is 0.807. The molecule has 0 atom stereocenters. The lowest BCUT2D eigenvalue weighted by Gasteiger charge is -2.38. The third-order valence-corrected chi connectivity index (χ3v) is 5.24. The molecule has 0 unspecified atom stereocenters. The van der Waals surface area contributed by atoms with E-state index in [1.165, 1.54) is 0 Å². The van der Waals surface area contributed by atoms with Crippen molar-refractivity contribution in [2.75, 3.05) is 0 Å². The Kier molecular flexibility index (Phi) is 4.00. The molecular formula is C15H24BFO4. The fraction of sp³-hybridized carbons (Fsp3) is 0.800. The SMILES string of the molecule is CC(CC1(C(=O)O)CCC1)=C(F)B1OC(C)(C)C(C)(C)O1. The van der Waals surface area contributed by atoms with Crippen LogP contribution in [0, 0.1) is 5.41 Å². The molecule has 118 valence electrons. The van der Waals surface area contributed by atoms with Gasteiger partial charge in [0, 0.05) is 0 Å². The summed E-state index contributed by atoms with van der Waals surface area (Å²) in [5, 5.41) is 9.34. The minimum Gasteiger partial charge on any atom is -0.481 e. The van der Waals surface area contributed by atoms with E-state index < -0.39 is 35.4 Å². The highest BCUT2D eigenvalue weighted by atomic mass is 19.1. The van der Waals surface area contributed by atoms with E-state index in [2.05, 4.69) is 0 Å². The number of aliphatic carboxylic acids is 1. The minimum absolute atomic E-state index is 0.220. The molecule has 1 N–H and O–H groups in total. The lowest BCUT2D eigenvalue weighted by atomic mass is 9.64. The van der Waals surface area contributed by atoms with Crippen LogP contribution in [0.1, 0.15) is 60.3 Å². The average Bonchev–Trinajstić information content (AvgIpc) is 2.51. The third kappa shape index (κ3) is 2.75. The smallest absolute Gasteiger partial charge is 0.481 e. The molecule has 21 heavy (non-hydrogen) atoms. The highest BCUT2D eigenvalue weighted by Crippen LogP contribution is 2.47. The van der Waals surface area contributed by atoms with Gasteiger partial charge in [0.2, 0.25) is 0 Å². The van der Waals surface area contributed by atoms with Gasteiger partial charge in [0.1, 0.15) is 5.73 Å². The summed E-state index contributed by atoms with van der Waals surface area (Å²) in [7, 11) is -1.04. The minimum atomic E-state index is -1.04. The zero-order valence-electron chi connectivity index (χ0n) is 13.5. The fourth-order valence-electron chi connectivity index (χ4n) is 2.81. The second-order valence-corrected chi connectivity index (χ2v) is 7.33. The van der Waals surface area contributed by atoms with Crippen molar-refractivity contribution in [3.8, 4) is 0 Å². The van der Waals surface area contributed by atoms with Crippen molar-refractivity contribution in [2.45, 2.75) is 71.5 Å². The molecule has 0 amide bonds. The van der Waals surface area contributed by atoms with Gasteiger partial charge >= 0.3 is 13.1 Å². The maximum atomic E-state index is 14.6. The van der Waals surface area contributed by atoms with Crippen molar-refractivity contribution in [1.29, 1.82) is 0 Å². The standard InChI is InChI=1S/C15H24BFO4/c1-10(9-15(12(18)19)7-6-8-15)11(17)16-20-13(2,3)14(4,5)21-16/h6-9H2,1-5H3,(H,18,19). The number of allylic oxidation sites excluding steroid dienone is 1. The van der Waals surface area contributed by atoms with Gasteiger partial charge in [0.05, 0.1) is 16.6 Å². The molecule has 2 fully saturated rings. The average molecular weight is 298 g/mol. The Morgan fingerprint density at radius 3 is 2.00 bits per heavy atom. The first-order chi connectivity index (χ1) is 9.51. The predicted octanol–water partition coefficient (Wildman–Crippen LogP) is 3.51. The molecule has 1 saturated carbocycles. The number of rotatable bonds is 4. The molecule has 2 rings (SSSR count). The molecular weight excluding hydrogens is 274 g/mol. The van der Waals surface area contributed by atoms with Crippen LogP contribution < -0.4 is 0 Å². The van der Waals surface area contributed by atoms with Crippen LogP contribution in [-0.4, -0.2) is 29.4 Å². The normalized spacial score (nSPS) is 27.0. The summed E-state index contributed by atoms with van der Waals surface area (Å²) in [4.78, 5) is 11.4. The highest BCUT2D eigenvalue weighted by Gasteiger charge is 2.54. The summed E-state index contributed by atoms with van der Waals surface area (Å²) in [5.41, 5.74) is -2.07. The molecule has 0 aromatic heterocycles. The highest BCUT2D eigenvalue weighted by molar-refractivity contribution is 6.53. The van der Waals surface area contributed by atoms with Crippen LogP contribution in [0.5, 0.6) is 0 Å². The van der Waals surface area contributed by atoms with Gasteiger partial charge in [-0.2, -0.15) is 0 Å². The van der Waals surface area contributed by atoms with Gasteiger partial charge in [-0.3, -0.25) is 4.79 Å². The van der Waals surface area contributed by atoms with E-state index in [-0.39, 0.29) is 6.42 Å². The monoisotopic (exact) mass is 298 g/mol. The number of hydrogen-bond donors (Lipinski definition) is 1. The van der Waals surface area contributed by atoms with Crippen molar-refractivity contribution in [2.24, 2.45) is 5.41 Å². The van der Waals surface area contributed by atoms with Crippen molar-refractivity contribution in [1.82, 2.24) is 0 Å². The second-order valence-electron chi connectivity index (χ2n) is 7.33. The van der Waals surface area contributed by atoms with E-state index in [0.717, 1.165) is 6.42 Å². The van der Waals surface area contributed by atoms with E-state index in [1.807, 2.05) is 27.7 Å². The molecule has 6 heteroatoms. The van der Waals surface area contributed by atoms with E-state index >= 15 is 0 Å². The Morgan fingerprint density at radius 2 is 1.67 bits per heavy atom. The number of carbonyl (C=O) groups is 1. The van der Waals surface area contributed by atoms with E-state index in [4.69, 9.17) is 9.31 Å². The van der Waals surface area contributed by atoms with E-state index in [9.17, 15) is 14.3 Å². The molecule has 1 heterocycles. The Hall–Kier alpha value is -0.875. The van der Waals surface area contributed by atoms with Crippen LogP contribution in [0.3, 0.4) is 0 Å². The zero-order chi connectivity index (χ0) is 16.1. The van der Waals surface area contributed by atoms with Gasteiger partial charge in [-0.15, -0.1) is 0 Å². The largest absolute Gasteiger partial charge is 0.525 e. The van der Waals surface area contributed by atoms with Gasteiger partial charge in [0.15, 0.2) is 0 Å². The second kappa shape index (κ2) is 5.09. The number of hydrogen-bond acceptors (Lipinski definition) is 3. The molecule has 0 aromatic carbocycles. The molecule has 1 aliphatic heterocycles. The van der Waals surface area contributed by atoms with Crippen LogP contribution >= 0.6 is 0 Å². The molecule has 1 aliphatic carbocycles. The van der Waals surface area contributed by atoms with E-state index in [1.54, 1.807) is 6.92 Å². The molecule has 2 aliphatic rings. The Morgan fingerprint density at radius 1 is 1.19 bits per heavy atom. The Bertz CT molecular complexity index is 464. The van der Waals surface area contributed by atoms with E-state index in [0.29, 0.717) is 18.4 Å². The lowest BCUT2D eigenvalue weighted by molar-refractivity contribution is -0.154. The predicted molar refractivity (Wildman–Crippen MR) is 78.4 cm³/mol. The topological polar surface area (TPSA) is 55.8 Å². The van der Waals surface area contributed by atoms with Gasteiger partial charge in [0.25, 0.3) is 0 Å². The summed E-state index contributed by atoms with van der Waals surface area (Å²) >= 11 is 0. The molecule has 4 nitrogen and oxygen atoms in total. The van der Waals surface area contributed by atoms with Crippen molar-refractivity contribution in [3.63, 3.8) is 0 Å². The molecule has 0 aromatic rings. The van der Waals surface area contributed by atoms with Crippen molar-refractivity contribution in [3.05, 3.63) is 11.3 Å². The Balaban J connectivity index is 2.15. The maximum absolute atomic E-state index is 14.6. The van der Waals surface area contributed by atoms with Gasteiger partial charge in [-0.25, -0.2) is 4.39 Å². The summed E-state index contributed by atoms with van der Waals surface area (Å²) < 4.78 is 25.9. The first-order valence-corrected chi connectivity index (χ1v) is 7.45. The molecule has 0 bridgehead atoms.